The van der Waals surface area contributed by atoms with Gasteiger partial charge in [-0.2, -0.15) is 0 Å². The quantitative estimate of drug-likeness (QED) is 0.677. The van der Waals surface area contributed by atoms with Gasteiger partial charge in [0.25, 0.3) is 0 Å². The van der Waals surface area contributed by atoms with Crippen molar-refractivity contribution in [3.05, 3.63) is 77.7 Å². The number of halogens is 1. The standard InChI is InChI=1S/C21H20FN3O2/c1-14-3-9-19(27-2)18(11-14)25-20-10-8-17(13-23-20)24-21(26)12-15-4-6-16(22)7-5-15/h3-11,13H,12H2,1-2H3,(H,23,25)(H,24,26). The molecule has 5 nitrogen and oxygen atoms in total. The number of aromatic nitrogens is 1. The fourth-order valence-electron chi connectivity index (χ4n) is 2.59. The highest BCUT2D eigenvalue weighted by atomic mass is 19.1. The third-order valence-electron chi connectivity index (χ3n) is 3.94. The fourth-order valence-corrected chi connectivity index (χ4v) is 2.59. The molecular weight excluding hydrogens is 345 g/mol. The molecule has 0 radical (unpaired) electrons. The maximum atomic E-state index is 12.9. The molecule has 3 aromatic rings. The van der Waals surface area contributed by atoms with E-state index in [1.165, 1.54) is 12.1 Å². The predicted octanol–water partition coefficient (Wildman–Crippen LogP) is 4.46. The van der Waals surface area contributed by atoms with Crippen molar-refractivity contribution in [1.29, 1.82) is 0 Å². The fraction of sp³-hybridized carbons (Fsp3) is 0.143. The molecule has 0 aliphatic carbocycles. The molecule has 2 aromatic carbocycles. The summed E-state index contributed by atoms with van der Waals surface area (Å²) in [5.74, 6) is 0.843. The van der Waals surface area contributed by atoms with Gasteiger partial charge in [0.05, 0.1) is 31.1 Å². The van der Waals surface area contributed by atoms with Crippen LogP contribution in [0.5, 0.6) is 5.75 Å². The van der Waals surface area contributed by atoms with Gasteiger partial charge in [0.1, 0.15) is 17.4 Å². The number of ether oxygens (including phenoxy) is 1. The summed E-state index contributed by atoms with van der Waals surface area (Å²) < 4.78 is 18.3. The van der Waals surface area contributed by atoms with Gasteiger partial charge >= 0.3 is 0 Å². The number of benzene rings is 2. The first-order chi connectivity index (χ1) is 13.0. The lowest BCUT2D eigenvalue weighted by Crippen LogP contribution is -2.14. The van der Waals surface area contributed by atoms with E-state index in [1.54, 1.807) is 37.6 Å². The zero-order chi connectivity index (χ0) is 19.2. The molecule has 3 rings (SSSR count). The molecule has 27 heavy (non-hydrogen) atoms. The molecular formula is C21H20FN3O2. The van der Waals surface area contributed by atoms with E-state index >= 15 is 0 Å². The van der Waals surface area contributed by atoms with Gasteiger partial charge < -0.3 is 15.4 Å². The van der Waals surface area contributed by atoms with Gasteiger partial charge in [-0.1, -0.05) is 18.2 Å². The Hall–Kier alpha value is -3.41. The van der Waals surface area contributed by atoms with Crippen molar-refractivity contribution < 1.29 is 13.9 Å². The van der Waals surface area contributed by atoms with Gasteiger partial charge in [0.15, 0.2) is 0 Å². The van der Waals surface area contributed by atoms with Crippen molar-refractivity contribution >= 4 is 23.1 Å². The van der Waals surface area contributed by atoms with Crippen LogP contribution >= 0.6 is 0 Å². The molecule has 2 N–H and O–H groups in total. The van der Waals surface area contributed by atoms with E-state index in [1.807, 2.05) is 25.1 Å². The molecule has 0 aliphatic rings. The Morgan fingerprint density at radius 1 is 1.11 bits per heavy atom. The SMILES string of the molecule is COc1ccc(C)cc1Nc1ccc(NC(=O)Cc2ccc(F)cc2)cn1. The molecule has 0 aliphatic heterocycles. The number of nitrogens with one attached hydrogen (secondary N) is 2. The van der Waals surface area contributed by atoms with Gasteiger partial charge in [-0.25, -0.2) is 9.37 Å². The monoisotopic (exact) mass is 365 g/mol. The van der Waals surface area contributed by atoms with E-state index in [-0.39, 0.29) is 18.1 Å². The Kier molecular flexibility index (Phi) is 5.66. The first-order valence-corrected chi connectivity index (χ1v) is 8.45. The van der Waals surface area contributed by atoms with Crippen molar-refractivity contribution in [2.45, 2.75) is 13.3 Å². The zero-order valence-electron chi connectivity index (χ0n) is 15.1. The Balaban J connectivity index is 1.62. The van der Waals surface area contributed by atoms with E-state index in [9.17, 15) is 9.18 Å². The molecule has 0 fully saturated rings. The third-order valence-corrected chi connectivity index (χ3v) is 3.94. The molecule has 1 heterocycles. The van der Waals surface area contributed by atoms with E-state index in [2.05, 4.69) is 15.6 Å². The van der Waals surface area contributed by atoms with Crippen LogP contribution in [0, 0.1) is 12.7 Å². The second kappa shape index (κ2) is 8.31. The van der Waals surface area contributed by atoms with Crippen molar-refractivity contribution in [3.8, 4) is 5.75 Å². The number of anilines is 3. The second-order valence-electron chi connectivity index (χ2n) is 6.11. The van der Waals surface area contributed by atoms with Crippen LogP contribution in [0.25, 0.3) is 0 Å². The van der Waals surface area contributed by atoms with Crippen LogP contribution in [0.3, 0.4) is 0 Å². The van der Waals surface area contributed by atoms with Crippen molar-refractivity contribution in [2.75, 3.05) is 17.7 Å². The summed E-state index contributed by atoms with van der Waals surface area (Å²) in [5, 5.41) is 5.99. The molecule has 0 saturated heterocycles. The molecule has 0 atom stereocenters. The number of methoxy groups -OCH3 is 1. The zero-order valence-corrected chi connectivity index (χ0v) is 15.1. The largest absolute Gasteiger partial charge is 0.495 e. The van der Waals surface area contributed by atoms with Crippen LogP contribution in [0.15, 0.2) is 60.8 Å². The Bertz CT molecular complexity index is 925. The molecule has 1 aromatic heterocycles. The van der Waals surface area contributed by atoms with Gasteiger partial charge in [-0.15, -0.1) is 0 Å². The summed E-state index contributed by atoms with van der Waals surface area (Å²) in [6.45, 7) is 2.00. The van der Waals surface area contributed by atoms with E-state index in [0.717, 1.165) is 22.6 Å². The van der Waals surface area contributed by atoms with Crippen LogP contribution in [0.2, 0.25) is 0 Å². The number of amides is 1. The van der Waals surface area contributed by atoms with Crippen LogP contribution in [0.1, 0.15) is 11.1 Å². The van der Waals surface area contributed by atoms with Gasteiger partial charge in [-0.05, 0) is 54.4 Å². The average Bonchev–Trinajstić information content (AvgIpc) is 2.65. The maximum Gasteiger partial charge on any atom is 0.228 e. The third kappa shape index (κ3) is 5.04. The number of carbonyl (C=O) groups is 1. The molecule has 1 amide bonds. The Morgan fingerprint density at radius 2 is 1.89 bits per heavy atom. The Morgan fingerprint density at radius 3 is 2.56 bits per heavy atom. The predicted molar refractivity (Wildman–Crippen MR) is 104 cm³/mol. The molecule has 0 bridgehead atoms. The highest BCUT2D eigenvalue weighted by Gasteiger charge is 2.07. The number of hydrogen-bond acceptors (Lipinski definition) is 4. The number of aryl methyl sites for hydroxylation is 1. The summed E-state index contributed by atoms with van der Waals surface area (Å²) in [4.78, 5) is 16.4. The highest BCUT2D eigenvalue weighted by molar-refractivity contribution is 5.92. The van der Waals surface area contributed by atoms with Crippen LogP contribution in [-0.2, 0) is 11.2 Å². The minimum atomic E-state index is -0.323. The topological polar surface area (TPSA) is 63.2 Å². The maximum absolute atomic E-state index is 12.9. The van der Waals surface area contributed by atoms with Crippen LogP contribution in [0.4, 0.5) is 21.6 Å². The summed E-state index contributed by atoms with van der Waals surface area (Å²) in [6, 6.07) is 15.2. The summed E-state index contributed by atoms with van der Waals surface area (Å²) in [5.41, 5.74) is 3.25. The van der Waals surface area contributed by atoms with Crippen LogP contribution < -0.4 is 15.4 Å². The van der Waals surface area contributed by atoms with Crippen molar-refractivity contribution in [1.82, 2.24) is 4.98 Å². The number of rotatable bonds is 6. The minimum absolute atomic E-state index is 0.167. The van der Waals surface area contributed by atoms with Gasteiger partial charge in [0.2, 0.25) is 5.91 Å². The smallest absolute Gasteiger partial charge is 0.228 e. The van der Waals surface area contributed by atoms with Crippen molar-refractivity contribution in [3.63, 3.8) is 0 Å². The number of hydrogen-bond donors (Lipinski definition) is 2. The summed E-state index contributed by atoms with van der Waals surface area (Å²) in [7, 11) is 1.61. The first kappa shape index (κ1) is 18.4. The van der Waals surface area contributed by atoms with E-state index < -0.39 is 0 Å². The lowest BCUT2D eigenvalue weighted by atomic mass is 10.1. The molecule has 6 heteroatoms. The number of nitrogens with zero attached hydrogens (tertiary/aromatic N) is 1. The lowest BCUT2D eigenvalue weighted by molar-refractivity contribution is -0.115. The first-order valence-electron chi connectivity index (χ1n) is 8.45. The van der Waals surface area contributed by atoms with E-state index in [4.69, 9.17) is 4.74 Å². The summed E-state index contributed by atoms with van der Waals surface area (Å²) >= 11 is 0. The lowest BCUT2D eigenvalue weighted by Gasteiger charge is -2.12. The van der Waals surface area contributed by atoms with Crippen LogP contribution in [-0.4, -0.2) is 18.0 Å². The Labute approximate surface area is 157 Å². The number of carbonyl (C=O) groups excluding carboxylic acids is 1. The summed E-state index contributed by atoms with van der Waals surface area (Å²) in [6.07, 6.45) is 1.74. The minimum Gasteiger partial charge on any atom is -0.495 e. The number of pyridine rings is 1. The van der Waals surface area contributed by atoms with Gasteiger partial charge in [-0.3, -0.25) is 4.79 Å². The highest BCUT2D eigenvalue weighted by Crippen LogP contribution is 2.28. The van der Waals surface area contributed by atoms with Crippen molar-refractivity contribution in [2.24, 2.45) is 0 Å². The molecule has 0 spiro atoms. The average molecular weight is 365 g/mol. The second-order valence-corrected chi connectivity index (χ2v) is 6.11. The molecule has 0 unspecified atom stereocenters. The molecule has 138 valence electrons. The van der Waals surface area contributed by atoms with Gasteiger partial charge in [0, 0.05) is 0 Å². The normalized spacial score (nSPS) is 10.3. The van der Waals surface area contributed by atoms with E-state index in [0.29, 0.717) is 11.5 Å². The molecule has 0 saturated carbocycles.